The zero-order valence-corrected chi connectivity index (χ0v) is 16.4. The van der Waals surface area contributed by atoms with Crippen molar-refractivity contribution in [1.82, 2.24) is 14.5 Å². The van der Waals surface area contributed by atoms with Gasteiger partial charge in [-0.25, -0.2) is 4.98 Å². The standard InChI is InChI=1S/C22H24N4O2/c1-16-17(2)23-22-25(19-7-5-4-6-8-19)14-24(15-26(22)21(16)27)13-18-9-11-20(28-3)12-10-18/h4-12H,13-15H2,1-3H3. The molecule has 144 valence electrons. The molecule has 0 amide bonds. The third-order valence-electron chi connectivity index (χ3n) is 5.18. The fourth-order valence-electron chi connectivity index (χ4n) is 3.48. The minimum absolute atomic E-state index is 0.0165. The predicted molar refractivity (Wildman–Crippen MR) is 110 cm³/mol. The van der Waals surface area contributed by atoms with Crippen LogP contribution in [-0.2, 0) is 13.2 Å². The number of hydrogen-bond donors (Lipinski definition) is 0. The average molecular weight is 376 g/mol. The first-order valence-electron chi connectivity index (χ1n) is 9.32. The van der Waals surface area contributed by atoms with Gasteiger partial charge in [0.15, 0.2) is 0 Å². The molecule has 0 bridgehead atoms. The monoisotopic (exact) mass is 376 g/mol. The van der Waals surface area contributed by atoms with Gasteiger partial charge in [-0.2, -0.15) is 0 Å². The molecule has 0 spiro atoms. The Balaban J connectivity index is 1.72. The Morgan fingerprint density at radius 2 is 1.71 bits per heavy atom. The number of anilines is 2. The van der Waals surface area contributed by atoms with E-state index in [1.54, 1.807) is 11.7 Å². The maximum absolute atomic E-state index is 12.9. The lowest BCUT2D eigenvalue weighted by Crippen LogP contribution is -2.47. The molecule has 0 atom stereocenters. The summed E-state index contributed by atoms with van der Waals surface area (Å²) in [5.74, 6) is 1.54. The molecule has 0 saturated carbocycles. The maximum atomic E-state index is 12.9. The van der Waals surface area contributed by atoms with Gasteiger partial charge in [-0.15, -0.1) is 0 Å². The molecular formula is C22H24N4O2. The van der Waals surface area contributed by atoms with Crippen LogP contribution in [0.1, 0.15) is 16.8 Å². The van der Waals surface area contributed by atoms with Crippen molar-refractivity contribution in [3.63, 3.8) is 0 Å². The highest BCUT2D eigenvalue weighted by Gasteiger charge is 2.27. The lowest BCUT2D eigenvalue weighted by molar-refractivity contribution is 0.190. The molecule has 1 aliphatic heterocycles. The van der Waals surface area contributed by atoms with Crippen molar-refractivity contribution >= 4 is 11.6 Å². The normalized spacial score (nSPS) is 14.0. The Bertz CT molecular complexity index is 1030. The van der Waals surface area contributed by atoms with E-state index in [0.29, 0.717) is 24.8 Å². The van der Waals surface area contributed by atoms with Crippen LogP contribution >= 0.6 is 0 Å². The summed E-state index contributed by atoms with van der Waals surface area (Å²) in [4.78, 5) is 22.0. The van der Waals surface area contributed by atoms with E-state index in [2.05, 4.69) is 21.9 Å². The minimum Gasteiger partial charge on any atom is -0.497 e. The van der Waals surface area contributed by atoms with E-state index in [0.717, 1.165) is 23.7 Å². The first-order valence-corrected chi connectivity index (χ1v) is 9.32. The summed E-state index contributed by atoms with van der Waals surface area (Å²) in [5, 5.41) is 0. The Kier molecular flexibility index (Phi) is 4.88. The van der Waals surface area contributed by atoms with Crippen molar-refractivity contribution in [1.29, 1.82) is 0 Å². The zero-order valence-electron chi connectivity index (χ0n) is 16.4. The molecule has 0 fully saturated rings. The van der Waals surface area contributed by atoms with Crippen molar-refractivity contribution in [2.75, 3.05) is 18.7 Å². The van der Waals surface area contributed by atoms with Gasteiger partial charge in [-0.05, 0) is 43.7 Å². The number of aryl methyl sites for hydroxylation is 1. The zero-order chi connectivity index (χ0) is 19.7. The Labute approximate surface area is 164 Å². The third kappa shape index (κ3) is 3.39. The third-order valence-corrected chi connectivity index (χ3v) is 5.18. The molecule has 0 N–H and O–H groups in total. The number of benzene rings is 2. The number of hydrogen-bond acceptors (Lipinski definition) is 5. The van der Waals surface area contributed by atoms with E-state index in [1.165, 1.54) is 5.56 Å². The summed E-state index contributed by atoms with van der Waals surface area (Å²) in [6.07, 6.45) is 0. The average Bonchev–Trinajstić information content (AvgIpc) is 2.73. The number of ether oxygens (including phenoxy) is 1. The summed E-state index contributed by atoms with van der Waals surface area (Å²) in [6.45, 7) is 5.63. The van der Waals surface area contributed by atoms with E-state index in [4.69, 9.17) is 9.72 Å². The number of rotatable bonds is 4. The summed E-state index contributed by atoms with van der Waals surface area (Å²) >= 11 is 0. The van der Waals surface area contributed by atoms with Gasteiger partial charge in [0.2, 0.25) is 5.95 Å². The maximum Gasteiger partial charge on any atom is 0.259 e. The number of methoxy groups -OCH3 is 1. The molecule has 1 aromatic heterocycles. The Hall–Kier alpha value is -3.12. The molecular weight excluding hydrogens is 352 g/mol. The summed E-state index contributed by atoms with van der Waals surface area (Å²) < 4.78 is 7.01. The number of nitrogens with zero attached hydrogens (tertiary/aromatic N) is 4. The molecule has 0 saturated heterocycles. The summed E-state index contributed by atoms with van der Waals surface area (Å²) in [5.41, 5.74) is 3.68. The van der Waals surface area contributed by atoms with Gasteiger partial charge in [0.25, 0.3) is 5.56 Å². The number of aromatic nitrogens is 2. The van der Waals surface area contributed by atoms with E-state index in [-0.39, 0.29) is 5.56 Å². The Morgan fingerprint density at radius 3 is 2.39 bits per heavy atom. The van der Waals surface area contributed by atoms with Crippen molar-refractivity contribution < 1.29 is 4.74 Å². The van der Waals surface area contributed by atoms with Gasteiger partial charge in [-0.3, -0.25) is 19.2 Å². The molecule has 0 unspecified atom stereocenters. The molecule has 6 nitrogen and oxygen atoms in total. The molecule has 1 aliphatic rings. The quantitative estimate of drug-likeness (QED) is 0.698. The molecule has 3 aromatic rings. The van der Waals surface area contributed by atoms with Crippen LogP contribution in [-0.4, -0.2) is 28.2 Å². The second kappa shape index (κ2) is 7.48. The second-order valence-corrected chi connectivity index (χ2v) is 7.08. The lowest BCUT2D eigenvalue weighted by Gasteiger charge is -2.38. The van der Waals surface area contributed by atoms with Crippen LogP contribution in [0.3, 0.4) is 0 Å². The lowest BCUT2D eigenvalue weighted by atomic mass is 10.2. The first kappa shape index (κ1) is 18.3. The van der Waals surface area contributed by atoms with Crippen molar-refractivity contribution in [3.05, 3.63) is 81.8 Å². The topological polar surface area (TPSA) is 50.6 Å². The number of fused-ring (bicyclic) bond motifs is 1. The van der Waals surface area contributed by atoms with Crippen LogP contribution in [0.25, 0.3) is 0 Å². The van der Waals surface area contributed by atoms with Crippen LogP contribution in [0, 0.1) is 13.8 Å². The van der Waals surface area contributed by atoms with E-state index in [9.17, 15) is 4.79 Å². The highest BCUT2D eigenvalue weighted by atomic mass is 16.5. The van der Waals surface area contributed by atoms with E-state index in [1.807, 2.05) is 56.3 Å². The molecule has 4 rings (SSSR count). The minimum atomic E-state index is 0.0165. The summed E-state index contributed by atoms with van der Waals surface area (Å²) in [6, 6.07) is 18.1. The highest BCUT2D eigenvalue weighted by molar-refractivity contribution is 5.58. The molecule has 6 heteroatoms. The molecule has 28 heavy (non-hydrogen) atoms. The van der Waals surface area contributed by atoms with Crippen molar-refractivity contribution in [3.8, 4) is 5.75 Å². The molecule has 0 radical (unpaired) electrons. The molecule has 2 aromatic carbocycles. The molecule has 0 aliphatic carbocycles. The second-order valence-electron chi connectivity index (χ2n) is 7.08. The van der Waals surface area contributed by atoms with E-state index >= 15 is 0 Å². The van der Waals surface area contributed by atoms with Crippen molar-refractivity contribution in [2.45, 2.75) is 27.1 Å². The first-order chi connectivity index (χ1) is 13.6. The van der Waals surface area contributed by atoms with Crippen LogP contribution in [0.15, 0.2) is 59.4 Å². The molecule has 2 heterocycles. The van der Waals surface area contributed by atoms with Gasteiger partial charge >= 0.3 is 0 Å². The van der Waals surface area contributed by atoms with Crippen molar-refractivity contribution in [2.24, 2.45) is 0 Å². The van der Waals surface area contributed by atoms with Gasteiger partial charge in [0, 0.05) is 23.5 Å². The van der Waals surface area contributed by atoms with Crippen LogP contribution < -0.4 is 15.2 Å². The fourth-order valence-corrected chi connectivity index (χ4v) is 3.48. The highest BCUT2D eigenvalue weighted by Crippen LogP contribution is 2.28. The summed E-state index contributed by atoms with van der Waals surface area (Å²) in [7, 11) is 1.66. The Morgan fingerprint density at radius 1 is 1.00 bits per heavy atom. The van der Waals surface area contributed by atoms with Crippen LogP contribution in [0.5, 0.6) is 5.75 Å². The predicted octanol–water partition coefficient (Wildman–Crippen LogP) is 3.44. The van der Waals surface area contributed by atoms with Gasteiger partial charge in [0.05, 0.1) is 20.4 Å². The number of para-hydroxylation sites is 1. The van der Waals surface area contributed by atoms with Gasteiger partial charge < -0.3 is 4.74 Å². The van der Waals surface area contributed by atoms with Crippen LogP contribution in [0.2, 0.25) is 0 Å². The van der Waals surface area contributed by atoms with Crippen LogP contribution in [0.4, 0.5) is 11.6 Å². The van der Waals surface area contributed by atoms with Gasteiger partial charge in [-0.1, -0.05) is 30.3 Å². The fraction of sp³-hybridized carbons (Fsp3) is 0.273. The SMILES string of the molecule is COc1ccc(CN2CN(c3ccccc3)c3nc(C)c(C)c(=O)n3C2)cc1. The largest absolute Gasteiger partial charge is 0.497 e. The van der Waals surface area contributed by atoms with E-state index < -0.39 is 0 Å². The van der Waals surface area contributed by atoms with Gasteiger partial charge in [0.1, 0.15) is 5.75 Å². The smallest absolute Gasteiger partial charge is 0.259 e.